The summed E-state index contributed by atoms with van der Waals surface area (Å²) in [5.74, 6) is 1.42. The second kappa shape index (κ2) is 7.47. The van der Waals surface area contributed by atoms with E-state index in [2.05, 4.69) is 48.9 Å². The number of ether oxygens (including phenoxy) is 1. The average Bonchev–Trinajstić information content (AvgIpc) is 2.62. The molecule has 3 aromatic rings. The van der Waals surface area contributed by atoms with Crippen molar-refractivity contribution in [1.82, 2.24) is 9.97 Å². The topological polar surface area (TPSA) is 35.0 Å². The average molecular weight is 332 g/mol. The van der Waals surface area contributed by atoms with Gasteiger partial charge in [-0.2, -0.15) is 0 Å². The molecule has 25 heavy (non-hydrogen) atoms. The van der Waals surface area contributed by atoms with Crippen molar-refractivity contribution in [1.29, 1.82) is 0 Å². The number of aromatic nitrogens is 2. The van der Waals surface area contributed by atoms with Crippen LogP contribution in [-0.2, 0) is 18.3 Å². The van der Waals surface area contributed by atoms with Crippen LogP contribution in [0, 0.1) is 0 Å². The summed E-state index contributed by atoms with van der Waals surface area (Å²) < 4.78 is 5.84. The van der Waals surface area contributed by atoms with Crippen LogP contribution in [0.2, 0.25) is 0 Å². The molecule has 0 amide bonds. The summed E-state index contributed by atoms with van der Waals surface area (Å²) in [6, 6.07) is 18.2. The van der Waals surface area contributed by atoms with Crippen molar-refractivity contribution in [3.63, 3.8) is 0 Å². The highest BCUT2D eigenvalue weighted by molar-refractivity contribution is 5.33. The Morgan fingerprint density at radius 3 is 2.24 bits per heavy atom. The van der Waals surface area contributed by atoms with E-state index < -0.39 is 0 Å². The van der Waals surface area contributed by atoms with Crippen LogP contribution in [0.15, 0.2) is 67.0 Å². The van der Waals surface area contributed by atoms with E-state index >= 15 is 0 Å². The third-order valence-electron chi connectivity index (χ3n) is 4.14. The number of hydrogen-bond acceptors (Lipinski definition) is 3. The zero-order valence-electron chi connectivity index (χ0n) is 15.1. The summed E-state index contributed by atoms with van der Waals surface area (Å²) in [7, 11) is 0. The van der Waals surface area contributed by atoms with E-state index in [9.17, 15) is 0 Å². The molecule has 3 rings (SSSR count). The first kappa shape index (κ1) is 17.2. The summed E-state index contributed by atoms with van der Waals surface area (Å²) in [5.41, 5.74) is 3.71. The van der Waals surface area contributed by atoms with Crippen LogP contribution in [0.4, 0.5) is 0 Å². The molecule has 0 radical (unpaired) electrons. The fourth-order valence-electron chi connectivity index (χ4n) is 2.58. The largest absolute Gasteiger partial charge is 0.439 e. The highest BCUT2D eigenvalue weighted by Crippen LogP contribution is 2.26. The molecule has 0 N–H and O–H groups in total. The number of rotatable bonds is 5. The zero-order valence-corrected chi connectivity index (χ0v) is 15.1. The Morgan fingerprint density at radius 2 is 1.64 bits per heavy atom. The Balaban J connectivity index is 1.59. The lowest BCUT2D eigenvalue weighted by molar-refractivity contribution is 0.461. The maximum Gasteiger partial charge on any atom is 0.219 e. The minimum absolute atomic E-state index is 0.145. The van der Waals surface area contributed by atoms with Crippen molar-refractivity contribution in [2.24, 2.45) is 0 Å². The molecule has 0 fully saturated rings. The van der Waals surface area contributed by atoms with Crippen molar-refractivity contribution in [3.05, 3.63) is 83.8 Å². The molecule has 128 valence electrons. The number of hydrogen-bond donors (Lipinski definition) is 0. The zero-order chi connectivity index (χ0) is 17.7. The fraction of sp³-hybridized carbons (Fsp3) is 0.273. The molecule has 0 spiro atoms. The lowest BCUT2D eigenvalue weighted by Gasteiger charge is -2.19. The molecule has 2 heterocycles. The predicted octanol–water partition coefficient (Wildman–Crippen LogP) is 5.35. The van der Waals surface area contributed by atoms with E-state index in [1.807, 2.05) is 48.8 Å². The molecule has 0 aliphatic carbocycles. The molecule has 1 aromatic carbocycles. The highest BCUT2D eigenvalue weighted by atomic mass is 16.5. The van der Waals surface area contributed by atoms with Crippen molar-refractivity contribution < 1.29 is 4.74 Å². The molecule has 0 aliphatic heterocycles. The van der Waals surface area contributed by atoms with Gasteiger partial charge < -0.3 is 4.74 Å². The first-order valence-corrected chi connectivity index (χ1v) is 8.64. The second-order valence-electron chi connectivity index (χ2n) is 7.20. The van der Waals surface area contributed by atoms with Gasteiger partial charge >= 0.3 is 0 Å². The maximum atomic E-state index is 5.84. The first-order chi connectivity index (χ1) is 12.0. The molecule has 3 nitrogen and oxygen atoms in total. The van der Waals surface area contributed by atoms with Crippen molar-refractivity contribution in [2.75, 3.05) is 0 Å². The van der Waals surface area contributed by atoms with Crippen LogP contribution in [0.5, 0.6) is 11.6 Å². The Hall–Kier alpha value is -2.68. The van der Waals surface area contributed by atoms with E-state index in [1.165, 1.54) is 11.1 Å². The van der Waals surface area contributed by atoms with E-state index in [0.717, 1.165) is 24.3 Å². The van der Waals surface area contributed by atoms with Crippen LogP contribution in [-0.4, -0.2) is 9.97 Å². The Kier molecular flexibility index (Phi) is 5.13. The molecule has 0 aliphatic rings. The molecule has 2 aromatic heterocycles. The van der Waals surface area contributed by atoms with Gasteiger partial charge in [0.05, 0.1) is 0 Å². The van der Waals surface area contributed by atoms with E-state index in [-0.39, 0.29) is 5.41 Å². The van der Waals surface area contributed by atoms with Crippen molar-refractivity contribution in [3.8, 4) is 11.6 Å². The minimum Gasteiger partial charge on any atom is -0.439 e. The SMILES string of the molecule is CC(C)(C)c1ccc(Oc2ccc(CCc3ccccn3)cn2)cc1. The lowest BCUT2D eigenvalue weighted by Crippen LogP contribution is -2.10. The summed E-state index contributed by atoms with van der Waals surface area (Å²) in [6.07, 6.45) is 5.54. The van der Waals surface area contributed by atoms with E-state index in [0.29, 0.717) is 5.88 Å². The molecular formula is C22H24N2O. The molecule has 0 atom stereocenters. The number of pyridine rings is 2. The summed E-state index contributed by atoms with van der Waals surface area (Å²) in [4.78, 5) is 8.76. The van der Waals surface area contributed by atoms with Crippen molar-refractivity contribution >= 4 is 0 Å². The molecular weight excluding hydrogens is 308 g/mol. The normalized spacial score (nSPS) is 11.3. The lowest BCUT2D eigenvalue weighted by atomic mass is 9.87. The Bertz CT molecular complexity index is 788. The minimum atomic E-state index is 0.145. The van der Waals surface area contributed by atoms with Gasteiger partial charge in [0.1, 0.15) is 5.75 Å². The van der Waals surface area contributed by atoms with Crippen LogP contribution >= 0.6 is 0 Å². The molecule has 0 saturated carbocycles. The molecule has 0 saturated heterocycles. The van der Waals surface area contributed by atoms with Crippen LogP contribution in [0.3, 0.4) is 0 Å². The highest BCUT2D eigenvalue weighted by Gasteiger charge is 2.13. The summed E-state index contributed by atoms with van der Waals surface area (Å²) in [6.45, 7) is 6.61. The number of nitrogens with zero attached hydrogens (tertiary/aromatic N) is 2. The van der Waals surface area contributed by atoms with Crippen LogP contribution in [0.1, 0.15) is 37.6 Å². The van der Waals surface area contributed by atoms with E-state index in [4.69, 9.17) is 4.74 Å². The van der Waals surface area contributed by atoms with Gasteiger partial charge in [-0.3, -0.25) is 4.98 Å². The quantitative estimate of drug-likeness (QED) is 0.631. The van der Waals surface area contributed by atoms with Gasteiger partial charge in [-0.15, -0.1) is 0 Å². The maximum absolute atomic E-state index is 5.84. The smallest absolute Gasteiger partial charge is 0.219 e. The van der Waals surface area contributed by atoms with Gasteiger partial charge in [0, 0.05) is 24.2 Å². The van der Waals surface area contributed by atoms with Crippen LogP contribution < -0.4 is 4.74 Å². The Labute approximate surface area is 149 Å². The van der Waals surface area contributed by atoms with Gasteiger partial charge in [-0.1, -0.05) is 45.0 Å². The third-order valence-corrected chi connectivity index (χ3v) is 4.14. The van der Waals surface area contributed by atoms with Crippen molar-refractivity contribution in [2.45, 2.75) is 39.0 Å². The summed E-state index contributed by atoms with van der Waals surface area (Å²) >= 11 is 0. The molecule has 0 bridgehead atoms. The predicted molar refractivity (Wildman–Crippen MR) is 101 cm³/mol. The Morgan fingerprint density at radius 1 is 0.840 bits per heavy atom. The van der Waals surface area contributed by atoms with Gasteiger partial charge in [-0.25, -0.2) is 4.98 Å². The standard InChI is InChI=1S/C22H24N2O/c1-22(2,3)18-9-12-20(13-10-18)25-21-14-8-17(16-24-21)7-11-19-6-4-5-15-23-19/h4-6,8-10,12-16H,7,11H2,1-3H3. The third kappa shape index (κ3) is 4.90. The second-order valence-corrected chi connectivity index (χ2v) is 7.20. The van der Waals surface area contributed by atoms with E-state index in [1.54, 1.807) is 0 Å². The van der Waals surface area contributed by atoms with Gasteiger partial charge in [0.25, 0.3) is 0 Å². The summed E-state index contributed by atoms with van der Waals surface area (Å²) in [5, 5.41) is 0. The first-order valence-electron chi connectivity index (χ1n) is 8.64. The fourth-order valence-corrected chi connectivity index (χ4v) is 2.58. The van der Waals surface area contributed by atoms with Crippen LogP contribution in [0.25, 0.3) is 0 Å². The van der Waals surface area contributed by atoms with Gasteiger partial charge in [0.15, 0.2) is 0 Å². The van der Waals surface area contributed by atoms with Gasteiger partial charge in [-0.05, 0) is 53.6 Å². The number of benzene rings is 1. The van der Waals surface area contributed by atoms with Gasteiger partial charge in [0.2, 0.25) is 5.88 Å². The number of aryl methyl sites for hydroxylation is 2. The monoisotopic (exact) mass is 332 g/mol. The molecule has 0 unspecified atom stereocenters. The molecule has 3 heteroatoms.